The van der Waals surface area contributed by atoms with Crippen LogP contribution in [0.15, 0.2) is 12.2 Å². The Morgan fingerprint density at radius 1 is 0.618 bits per heavy atom. The summed E-state index contributed by atoms with van der Waals surface area (Å²) in [5.41, 5.74) is 0. The number of nitrogens with zero attached hydrogens (tertiary/aromatic N) is 1. The summed E-state index contributed by atoms with van der Waals surface area (Å²) in [6, 6.07) is -0.803. The predicted molar refractivity (Wildman–Crippen MR) is 237 cm³/mol. The Balaban J connectivity index is 4.22. The first-order chi connectivity index (χ1) is 26.5. The highest BCUT2D eigenvalue weighted by Crippen LogP contribution is 2.37. The van der Waals surface area contributed by atoms with Crippen molar-refractivity contribution >= 4 is 13.5 Å². The maximum Gasteiger partial charge on any atom is 0.220 e. The molecule has 0 fully saturated rings. The van der Waals surface area contributed by atoms with Crippen LogP contribution in [0.25, 0.3) is 0 Å². The van der Waals surface area contributed by atoms with Gasteiger partial charge in [-0.2, -0.15) is 0 Å². The Hall–Kier alpha value is -0.720. The van der Waals surface area contributed by atoms with E-state index in [4.69, 9.17) is 4.52 Å². The van der Waals surface area contributed by atoms with Crippen molar-refractivity contribution in [3.8, 4) is 0 Å². The quantitative estimate of drug-likeness (QED) is 0.0277. The molecule has 0 aliphatic carbocycles. The maximum atomic E-state index is 12.9. The Morgan fingerprint density at radius 2 is 0.964 bits per heavy atom. The van der Waals surface area contributed by atoms with Crippen LogP contribution in [0.3, 0.4) is 0 Å². The third kappa shape index (κ3) is 41.2. The number of aliphatic hydroxyl groups excluding tert-OH is 1. The average molecular weight is 799 g/mol. The minimum absolute atomic E-state index is 0.0819. The molecular formula is C47H95N2O5P. The molecule has 0 saturated heterocycles. The molecular weight excluding hydrogens is 703 g/mol. The lowest BCUT2D eigenvalue weighted by Crippen LogP contribution is -2.46. The van der Waals surface area contributed by atoms with Gasteiger partial charge in [0.05, 0.1) is 52.6 Å². The smallest absolute Gasteiger partial charge is 0.220 e. The molecule has 0 aliphatic rings. The minimum atomic E-state index is -4.10. The Morgan fingerprint density at radius 3 is 1.33 bits per heavy atom. The standard InChI is InChI=1S/C47H95N2O5P/c1-6-8-10-12-14-16-18-20-21-22-23-24-25-26-27-29-31-33-35-37-39-41-47(51)48-45(44-54-55(52,53)43-42-49(3,4)5)46(50)40-38-36-34-32-30-28-19-17-15-13-11-9-7-2/h38,40,45-46,50H,6-37,39,41-44H2,1-5H3,(H-,48,51,52,53)/b40-38+/t45-,46+/m0/s1. The molecule has 328 valence electrons. The van der Waals surface area contributed by atoms with Crippen molar-refractivity contribution in [2.45, 2.75) is 244 Å². The zero-order valence-electron chi connectivity index (χ0n) is 37.4. The fourth-order valence-corrected chi connectivity index (χ4v) is 8.56. The van der Waals surface area contributed by atoms with Gasteiger partial charge in [-0.05, 0) is 19.3 Å². The van der Waals surface area contributed by atoms with Gasteiger partial charge in [0.2, 0.25) is 5.91 Å². The van der Waals surface area contributed by atoms with Crippen molar-refractivity contribution in [3.05, 3.63) is 12.2 Å². The second-order valence-corrected chi connectivity index (χ2v) is 19.8. The van der Waals surface area contributed by atoms with E-state index in [1.54, 1.807) is 6.08 Å². The van der Waals surface area contributed by atoms with E-state index >= 15 is 0 Å². The van der Waals surface area contributed by atoms with Crippen LogP contribution in [-0.2, 0) is 13.9 Å². The number of hydrogen-bond acceptors (Lipinski definition) is 5. The molecule has 1 amide bonds. The first-order valence-electron chi connectivity index (χ1n) is 23.9. The molecule has 1 unspecified atom stereocenters. The van der Waals surface area contributed by atoms with Crippen molar-refractivity contribution in [3.63, 3.8) is 0 Å². The summed E-state index contributed by atoms with van der Waals surface area (Å²) in [6.45, 7) is 4.72. The zero-order chi connectivity index (χ0) is 40.7. The van der Waals surface area contributed by atoms with E-state index in [2.05, 4.69) is 19.2 Å². The highest BCUT2D eigenvalue weighted by atomic mass is 31.2. The van der Waals surface area contributed by atoms with E-state index in [0.29, 0.717) is 17.4 Å². The van der Waals surface area contributed by atoms with E-state index in [1.165, 1.54) is 180 Å². The highest BCUT2D eigenvalue weighted by molar-refractivity contribution is 7.51. The highest BCUT2D eigenvalue weighted by Gasteiger charge is 2.23. The molecule has 0 rings (SSSR count). The summed E-state index contributed by atoms with van der Waals surface area (Å²) in [5, 5.41) is 13.9. The molecule has 0 bridgehead atoms. The maximum absolute atomic E-state index is 12.9. The Kier molecular flexibility index (Phi) is 38.3. The number of nitrogens with one attached hydrogen (secondary N) is 1. The number of carbonyl (C=O) groups is 1. The van der Waals surface area contributed by atoms with Crippen molar-refractivity contribution in [2.24, 2.45) is 0 Å². The van der Waals surface area contributed by atoms with Gasteiger partial charge in [-0.3, -0.25) is 4.79 Å². The molecule has 0 aromatic rings. The number of quaternary nitrogens is 1. The lowest BCUT2D eigenvalue weighted by molar-refractivity contribution is -0.868. The second kappa shape index (κ2) is 38.8. The number of amides is 1. The van der Waals surface area contributed by atoms with Crippen LogP contribution in [0.1, 0.15) is 232 Å². The van der Waals surface area contributed by atoms with E-state index in [-0.39, 0.29) is 18.7 Å². The van der Waals surface area contributed by atoms with Crippen molar-refractivity contribution in [1.29, 1.82) is 0 Å². The molecule has 0 aliphatic heterocycles. The molecule has 7 nitrogen and oxygen atoms in total. The predicted octanol–water partition coefficient (Wildman–Crippen LogP) is 13.0. The fourth-order valence-electron chi connectivity index (χ4n) is 7.20. The summed E-state index contributed by atoms with van der Waals surface area (Å²) in [4.78, 5) is 25.5. The van der Waals surface area contributed by atoms with Gasteiger partial charge in [0.1, 0.15) is 7.60 Å². The van der Waals surface area contributed by atoms with E-state index < -0.39 is 19.7 Å². The molecule has 2 N–H and O–H groups in total. The first kappa shape index (κ1) is 54.3. The van der Waals surface area contributed by atoms with E-state index in [9.17, 15) is 19.4 Å². The average Bonchev–Trinajstić information content (AvgIpc) is 3.14. The SMILES string of the molecule is CCCCCCCCCCCCC/C=C/[C@@H](O)[C@H](COP(=O)([O-])CC[N+](C)(C)C)NC(=O)CCCCCCCCCCCCCCCCCCCCCCC. The zero-order valence-corrected chi connectivity index (χ0v) is 38.3. The fraction of sp³-hybridized carbons (Fsp3) is 0.936. The number of carbonyl (C=O) groups excluding carboxylic acids is 1. The van der Waals surface area contributed by atoms with E-state index in [1.807, 2.05) is 27.2 Å². The van der Waals surface area contributed by atoms with Gasteiger partial charge in [-0.15, -0.1) is 0 Å². The van der Waals surface area contributed by atoms with Gasteiger partial charge in [0.15, 0.2) is 0 Å². The summed E-state index contributed by atoms with van der Waals surface area (Å²) in [7, 11) is 1.72. The molecule has 0 aromatic heterocycles. The lowest BCUT2D eigenvalue weighted by Gasteiger charge is -2.31. The first-order valence-corrected chi connectivity index (χ1v) is 25.6. The largest absolute Gasteiger partial charge is 0.778 e. The lowest BCUT2D eigenvalue weighted by atomic mass is 10.0. The van der Waals surface area contributed by atoms with Crippen molar-refractivity contribution in [1.82, 2.24) is 5.32 Å². The monoisotopic (exact) mass is 799 g/mol. The van der Waals surface area contributed by atoms with Crippen molar-refractivity contribution < 1.29 is 28.4 Å². The third-order valence-corrected chi connectivity index (χ3v) is 12.4. The molecule has 55 heavy (non-hydrogen) atoms. The Bertz CT molecular complexity index is 908. The Labute approximate surface area is 343 Å². The third-order valence-electron chi connectivity index (χ3n) is 11.1. The minimum Gasteiger partial charge on any atom is -0.778 e. The molecule has 0 radical (unpaired) electrons. The van der Waals surface area contributed by atoms with Crippen molar-refractivity contribution in [2.75, 3.05) is 40.5 Å². The van der Waals surface area contributed by atoms with E-state index in [0.717, 1.165) is 32.1 Å². The summed E-state index contributed by atoms with van der Waals surface area (Å²) < 4.78 is 18.5. The number of allylic oxidation sites excluding steroid dienone is 1. The number of hydrogen-bond donors (Lipinski definition) is 2. The van der Waals surface area contributed by atoms with Crippen LogP contribution < -0.4 is 10.2 Å². The van der Waals surface area contributed by atoms with Gasteiger partial charge < -0.3 is 28.9 Å². The summed E-state index contributed by atoms with van der Waals surface area (Å²) in [6.07, 6.45) is 45.8. The normalized spacial score (nSPS) is 14.4. The number of unbranched alkanes of at least 4 members (excludes halogenated alkanes) is 31. The van der Waals surface area contributed by atoms with Crippen LogP contribution in [0, 0.1) is 0 Å². The molecule has 0 heterocycles. The van der Waals surface area contributed by atoms with Gasteiger partial charge in [-0.25, -0.2) is 0 Å². The van der Waals surface area contributed by atoms with Gasteiger partial charge >= 0.3 is 0 Å². The molecule has 0 spiro atoms. The molecule has 8 heteroatoms. The van der Waals surface area contributed by atoms with Crippen LogP contribution in [-0.4, -0.2) is 68.1 Å². The van der Waals surface area contributed by atoms with Gasteiger partial charge in [-0.1, -0.05) is 219 Å². The topological polar surface area (TPSA) is 98.7 Å². The number of aliphatic hydroxyl groups is 1. The van der Waals surface area contributed by atoms with Crippen LogP contribution >= 0.6 is 7.60 Å². The number of rotatable bonds is 43. The summed E-state index contributed by atoms with van der Waals surface area (Å²) in [5.74, 6) is -0.156. The van der Waals surface area contributed by atoms with Crippen LogP contribution in [0.2, 0.25) is 0 Å². The van der Waals surface area contributed by atoms with Crippen LogP contribution in [0.5, 0.6) is 0 Å². The van der Waals surface area contributed by atoms with Crippen LogP contribution in [0.4, 0.5) is 0 Å². The summed E-state index contributed by atoms with van der Waals surface area (Å²) >= 11 is 0. The molecule has 3 atom stereocenters. The van der Waals surface area contributed by atoms with Gasteiger partial charge in [0.25, 0.3) is 0 Å². The van der Waals surface area contributed by atoms with Gasteiger partial charge in [0, 0.05) is 6.42 Å². The second-order valence-electron chi connectivity index (χ2n) is 17.9. The molecule has 0 saturated carbocycles. The molecule has 0 aromatic carbocycles.